The SMILES string of the molecule is COC(=O)C1(N2C(=O)c3ccccc3C2=O)CC(OS(=O)(=O)C(F)(F)F)C1. The number of carbonyl (C=O) groups is 3. The van der Waals surface area contributed by atoms with Crippen LogP contribution >= 0.6 is 0 Å². The fraction of sp³-hybridized carbons (Fsp3) is 0.400. The molecule has 27 heavy (non-hydrogen) atoms. The molecule has 3 rings (SSSR count). The highest BCUT2D eigenvalue weighted by atomic mass is 32.2. The number of imide groups is 1. The molecular formula is C15H12F3NO7S. The van der Waals surface area contributed by atoms with Crippen LogP contribution in [0.25, 0.3) is 0 Å². The molecule has 1 aromatic rings. The summed E-state index contributed by atoms with van der Waals surface area (Å²) in [4.78, 5) is 38.0. The number of rotatable bonds is 4. The molecule has 1 fully saturated rings. The first-order chi connectivity index (χ1) is 12.4. The normalized spacial score (nSPS) is 25.2. The second-order valence-electron chi connectivity index (χ2n) is 6.04. The van der Waals surface area contributed by atoms with Gasteiger partial charge in [-0.1, -0.05) is 12.1 Å². The quantitative estimate of drug-likeness (QED) is 0.320. The molecule has 0 spiro atoms. The summed E-state index contributed by atoms with van der Waals surface area (Å²) >= 11 is 0. The summed E-state index contributed by atoms with van der Waals surface area (Å²) in [5.41, 5.74) is -7.52. The number of esters is 1. The van der Waals surface area contributed by atoms with Gasteiger partial charge in [0.05, 0.1) is 24.3 Å². The van der Waals surface area contributed by atoms with Crippen molar-refractivity contribution in [1.29, 1.82) is 0 Å². The lowest BCUT2D eigenvalue weighted by Crippen LogP contribution is -2.67. The minimum Gasteiger partial charge on any atom is -0.467 e. The van der Waals surface area contributed by atoms with E-state index >= 15 is 0 Å². The van der Waals surface area contributed by atoms with Gasteiger partial charge in [-0.05, 0) is 12.1 Å². The van der Waals surface area contributed by atoms with Crippen LogP contribution in [0.5, 0.6) is 0 Å². The summed E-state index contributed by atoms with van der Waals surface area (Å²) in [7, 11) is -4.91. The Balaban J connectivity index is 1.90. The first-order valence-corrected chi connectivity index (χ1v) is 8.91. The van der Waals surface area contributed by atoms with Crippen molar-refractivity contribution in [2.24, 2.45) is 0 Å². The van der Waals surface area contributed by atoms with Gasteiger partial charge in [0.1, 0.15) is 0 Å². The molecule has 0 bridgehead atoms. The third-order valence-electron chi connectivity index (χ3n) is 4.46. The molecule has 146 valence electrons. The van der Waals surface area contributed by atoms with Crippen LogP contribution in [-0.4, -0.2) is 55.4 Å². The van der Waals surface area contributed by atoms with Crippen LogP contribution in [0.3, 0.4) is 0 Å². The lowest BCUT2D eigenvalue weighted by atomic mass is 9.72. The Hall–Kier alpha value is -2.47. The van der Waals surface area contributed by atoms with Crippen molar-refractivity contribution < 1.29 is 44.9 Å². The number of halogens is 3. The number of fused-ring (bicyclic) bond motifs is 1. The molecule has 1 heterocycles. The fourth-order valence-corrected chi connectivity index (χ4v) is 3.81. The smallest absolute Gasteiger partial charge is 0.467 e. The van der Waals surface area contributed by atoms with Crippen molar-refractivity contribution in [3.63, 3.8) is 0 Å². The Labute approximate surface area is 151 Å². The van der Waals surface area contributed by atoms with Gasteiger partial charge in [0.25, 0.3) is 11.8 Å². The molecule has 0 atom stereocenters. The predicted octanol–water partition coefficient (Wildman–Crippen LogP) is 1.22. The second kappa shape index (κ2) is 6.02. The van der Waals surface area contributed by atoms with Crippen molar-refractivity contribution in [1.82, 2.24) is 4.90 Å². The van der Waals surface area contributed by atoms with Gasteiger partial charge in [0.2, 0.25) is 0 Å². The van der Waals surface area contributed by atoms with Crippen LogP contribution in [0.15, 0.2) is 24.3 Å². The molecule has 0 radical (unpaired) electrons. The maximum atomic E-state index is 12.6. The highest BCUT2D eigenvalue weighted by Gasteiger charge is 2.63. The van der Waals surface area contributed by atoms with E-state index in [1.54, 1.807) is 0 Å². The van der Waals surface area contributed by atoms with E-state index in [-0.39, 0.29) is 11.1 Å². The van der Waals surface area contributed by atoms with E-state index in [9.17, 15) is 36.0 Å². The Morgan fingerprint density at radius 1 is 1.15 bits per heavy atom. The minimum absolute atomic E-state index is 0.0260. The van der Waals surface area contributed by atoms with Gasteiger partial charge >= 0.3 is 21.6 Å². The van der Waals surface area contributed by atoms with Gasteiger partial charge in [-0.15, -0.1) is 0 Å². The average Bonchev–Trinajstić information content (AvgIpc) is 2.81. The number of methoxy groups -OCH3 is 1. The van der Waals surface area contributed by atoms with E-state index in [1.165, 1.54) is 24.3 Å². The number of hydrogen-bond donors (Lipinski definition) is 0. The first-order valence-electron chi connectivity index (χ1n) is 7.50. The summed E-state index contributed by atoms with van der Waals surface area (Å²) in [5, 5.41) is 0. The maximum Gasteiger partial charge on any atom is 0.523 e. The maximum absolute atomic E-state index is 12.6. The fourth-order valence-electron chi connectivity index (χ4n) is 3.20. The van der Waals surface area contributed by atoms with Gasteiger partial charge in [-0.2, -0.15) is 21.6 Å². The minimum atomic E-state index is -5.89. The topological polar surface area (TPSA) is 107 Å². The number of hydrogen-bond acceptors (Lipinski definition) is 7. The summed E-state index contributed by atoms with van der Waals surface area (Å²) < 4.78 is 68.3. The molecule has 1 aliphatic carbocycles. The lowest BCUT2D eigenvalue weighted by molar-refractivity contribution is -0.164. The molecular weight excluding hydrogens is 395 g/mol. The number of alkyl halides is 3. The number of ether oxygens (including phenoxy) is 1. The van der Waals surface area contributed by atoms with Crippen molar-refractivity contribution in [2.75, 3.05) is 7.11 Å². The highest BCUT2D eigenvalue weighted by Crippen LogP contribution is 2.46. The van der Waals surface area contributed by atoms with Gasteiger partial charge < -0.3 is 4.74 Å². The Morgan fingerprint density at radius 3 is 2.04 bits per heavy atom. The van der Waals surface area contributed by atoms with Crippen LogP contribution in [0, 0.1) is 0 Å². The predicted molar refractivity (Wildman–Crippen MR) is 80.8 cm³/mol. The van der Waals surface area contributed by atoms with Crippen molar-refractivity contribution >= 4 is 27.9 Å². The van der Waals surface area contributed by atoms with E-state index in [2.05, 4.69) is 8.92 Å². The highest BCUT2D eigenvalue weighted by molar-refractivity contribution is 7.87. The number of carbonyl (C=O) groups excluding carboxylic acids is 3. The van der Waals surface area contributed by atoms with Gasteiger partial charge in [0.15, 0.2) is 5.54 Å². The van der Waals surface area contributed by atoms with Crippen LogP contribution < -0.4 is 0 Å². The molecule has 1 saturated carbocycles. The van der Waals surface area contributed by atoms with E-state index in [1.807, 2.05) is 0 Å². The standard InChI is InChI=1S/C15H12F3NO7S/c1-25-13(22)14(6-8(7-14)26-27(23,24)15(16,17)18)19-11(20)9-4-2-3-5-10(9)12(19)21/h2-5,8H,6-7H2,1H3. The monoisotopic (exact) mass is 407 g/mol. The molecule has 1 aromatic carbocycles. The van der Waals surface area contributed by atoms with E-state index < -0.39 is 57.9 Å². The molecule has 0 saturated heterocycles. The average molecular weight is 407 g/mol. The summed E-state index contributed by atoms with van der Waals surface area (Å²) in [6, 6.07) is 5.73. The second-order valence-corrected chi connectivity index (χ2v) is 7.60. The lowest BCUT2D eigenvalue weighted by Gasteiger charge is -2.48. The van der Waals surface area contributed by atoms with Crippen molar-refractivity contribution in [3.05, 3.63) is 35.4 Å². The van der Waals surface area contributed by atoms with Crippen molar-refractivity contribution in [3.8, 4) is 0 Å². The van der Waals surface area contributed by atoms with Crippen molar-refractivity contribution in [2.45, 2.75) is 30.0 Å². The van der Waals surface area contributed by atoms with Crippen LogP contribution in [0.4, 0.5) is 13.2 Å². The molecule has 12 heteroatoms. The molecule has 0 unspecified atom stereocenters. The zero-order chi connectivity index (χ0) is 20.2. The largest absolute Gasteiger partial charge is 0.523 e. The summed E-state index contributed by atoms with van der Waals surface area (Å²) in [5.74, 6) is -2.70. The van der Waals surface area contributed by atoms with Crippen LogP contribution in [0.2, 0.25) is 0 Å². The summed E-state index contributed by atoms with van der Waals surface area (Å²) in [6.07, 6.45) is -2.82. The molecule has 0 N–H and O–H groups in total. The van der Waals surface area contributed by atoms with Crippen LogP contribution in [-0.2, 0) is 23.8 Å². The number of nitrogens with zero attached hydrogens (tertiary/aromatic N) is 1. The number of amides is 2. The number of benzene rings is 1. The van der Waals surface area contributed by atoms with E-state index in [0.717, 1.165) is 7.11 Å². The third kappa shape index (κ3) is 2.79. The zero-order valence-corrected chi connectivity index (χ0v) is 14.5. The van der Waals surface area contributed by atoms with E-state index in [0.29, 0.717) is 4.90 Å². The van der Waals surface area contributed by atoms with Crippen LogP contribution in [0.1, 0.15) is 33.6 Å². The van der Waals surface area contributed by atoms with Gasteiger partial charge in [-0.3, -0.25) is 18.7 Å². The first kappa shape index (κ1) is 19.3. The van der Waals surface area contributed by atoms with Gasteiger partial charge in [-0.25, -0.2) is 4.79 Å². The van der Waals surface area contributed by atoms with E-state index in [4.69, 9.17) is 0 Å². The molecule has 2 aliphatic rings. The molecule has 0 aromatic heterocycles. The van der Waals surface area contributed by atoms with Gasteiger partial charge in [0, 0.05) is 12.8 Å². The summed E-state index contributed by atoms with van der Waals surface area (Å²) in [6.45, 7) is 0. The Bertz CT molecular complexity index is 900. The Kier molecular flexibility index (Phi) is 4.30. The molecule has 1 aliphatic heterocycles. The Morgan fingerprint density at radius 2 is 1.63 bits per heavy atom. The third-order valence-corrected chi connectivity index (χ3v) is 5.56. The zero-order valence-electron chi connectivity index (χ0n) is 13.6. The molecule has 8 nitrogen and oxygen atoms in total. The molecule has 2 amide bonds.